The molecular formula is C14H17N3O3. The molecule has 0 saturated heterocycles. The lowest BCUT2D eigenvalue weighted by atomic mass is 10.2. The number of rotatable bonds is 5. The average molecular weight is 275 g/mol. The number of carboxylic acid groups (broad SMARTS) is 1. The molecule has 0 bridgehead atoms. The van der Waals surface area contributed by atoms with E-state index in [1.807, 2.05) is 24.3 Å². The second kappa shape index (κ2) is 5.73. The highest BCUT2D eigenvalue weighted by Crippen LogP contribution is 2.12. The Kier molecular flexibility index (Phi) is 4.02. The van der Waals surface area contributed by atoms with Crippen LogP contribution in [0.3, 0.4) is 0 Å². The molecule has 0 radical (unpaired) electrons. The number of fused-ring (bicyclic) bond motifs is 1. The highest BCUT2D eigenvalue weighted by molar-refractivity contribution is 5.82. The molecule has 1 atom stereocenters. The Bertz CT molecular complexity index is 635. The Morgan fingerprint density at radius 1 is 1.40 bits per heavy atom. The molecule has 0 aliphatic heterocycles. The van der Waals surface area contributed by atoms with Gasteiger partial charge in [-0.05, 0) is 6.07 Å². The smallest absolute Gasteiger partial charge is 0.308 e. The summed E-state index contributed by atoms with van der Waals surface area (Å²) in [4.78, 5) is 24.3. The average Bonchev–Trinajstić information content (AvgIpc) is 2.82. The normalized spacial score (nSPS) is 12.3. The predicted octanol–water partition coefficient (Wildman–Crippen LogP) is 1.22. The Hall–Kier alpha value is -2.37. The SMILES string of the molecule is CC(CN(C)C(=O)Cn1ncc2ccccc21)C(=O)O. The maximum Gasteiger partial charge on any atom is 0.308 e. The standard InChI is InChI=1S/C14H17N3O3/c1-10(14(19)20)8-16(2)13(18)9-17-12-6-4-3-5-11(12)7-15-17/h3-7,10H,8-9H2,1-2H3,(H,19,20). The van der Waals surface area contributed by atoms with E-state index in [1.54, 1.807) is 24.9 Å². The van der Waals surface area contributed by atoms with Crippen molar-refractivity contribution in [2.75, 3.05) is 13.6 Å². The van der Waals surface area contributed by atoms with Gasteiger partial charge in [-0.25, -0.2) is 0 Å². The van der Waals surface area contributed by atoms with Crippen LogP contribution in [0.5, 0.6) is 0 Å². The van der Waals surface area contributed by atoms with Crippen molar-refractivity contribution in [3.05, 3.63) is 30.5 Å². The Labute approximate surface area is 116 Å². The van der Waals surface area contributed by atoms with E-state index in [2.05, 4.69) is 5.10 Å². The Morgan fingerprint density at radius 3 is 2.80 bits per heavy atom. The lowest BCUT2D eigenvalue weighted by Crippen LogP contribution is -2.35. The van der Waals surface area contributed by atoms with Gasteiger partial charge >= 0.3 is 5.97 Å². The fraction of sp³-hybridized carbons (Fsp3) is 0.357. The highest BCUT2D eigenvalue weighted by Gasteiger charge is 2.18. The second-order valence-corrected chi connectivity index (χ2v) is 4.87. The summed E-state index contributed by atoms with van der Waals surface area (Å²) in [5, 5.41) is 14.0. The zero-order chi connectivity index (χ0) is 14.7. The first kappa shape index (κ1) is 14.0. The van der Waals surface area contributed by atoms with Gasteiger partial charge in [0.25, 0.3) is 0 Å². The first-order chi connectivity index (χ1) is 9.49. The van der Waals surface area contributed by atoms with Crippen LogP contribution in [0, 0.1) is 5.92 Å². The first-order valence-corrected chi connectivity index (χ1v) is 6.36. The van der Waals surface area contributed by atoms with Crippen molar-refractivity contribution in [1.29, 1.82) is 0 Å². The van der Waals surface area contributed by atoms with Crippen LogP contribution in [0.4, 0.5) is 0 Å². The molecule has 20 heavy (non-hydrogen) atoms. The summed E-state index contributed by atoms with van der Waals surface area (Å²) in [5.41, 5.74) is 0.889. The summed E-state index contributed by atoms with van der Waals surface area (Å²) < 4.78 is 1.62. The van der Waals surface area contributed by atoms with Crippen LogP contribution in [0.15, 0.2) is 30.5 Å². The molecule has 1 amide bonds. The van der Waals surface area contributed by atoms with Crippen molar-refractivity contribution in [3.8, 4) is 0 Å². The molecule has 1 unspecified atom stereocenters. The number of aromatic nitrogens is 2. The number of carbonyl (C=O) groups is 2. The maximum atomic E-state index is 12.1. The number of para-hydroxylation sites is 1. The fourth-order valence-electron chi connectivity index (χ4n) is 1.99. The largest absolute Gasteiger partial charge is 0.481 e. The van der Waals surface area contributed by atoms with Crippen molar-refractivity contribution in [3.63, 3.8) is 0 Å². The van der Waals surface area contributed by atoms with E-state index in [0.717, 1.165) is 10.9 Å². The van der Waals surface area contributed by atoms with Crippen LogP contribution in [-0.2, 0) is 16.1 Å². The molecule has 1 heterocycles. The number of benzene rings is 1. The molecule has 0 spiro atoms. The lowest BCUT2D eigenvalue weighted by Gasteiger charge is -2.19. The molecule has 0 saturated carbocycles. The monoisotopic (exact) mass is 275 g/mol. The van der Waals surface area contributed by atoms with E-state index in [1.165, 1.54) is 4.90 Å². The number of carboxylic acids is 1. The van der Waals surface area contributed by atoms with Crippen molar-refractivity contribution in [2.24, 2.45) is 5.92 Å². The van der Waals surface area contributed by atoms with Gasteiger partial charge in [-0.3, -0.25) is 14.3 Å². The predicted molar refractivity (Wildman–Crippen MR) is 74.2 cm³/mol. The van der Waals surface area contributed by atoms with Gasteiger partial charge in [-0.2, -0.15) is 5.10 Å². The van der Waals surface area contributed by atoms with Crippen molar-refractivity contribution < 1.29 is 14.7 Å². The summed E-state index contributed by atoms with van der Waals surface area (Å²) in [6, 6.07) is 7.63. The quantitative estimate of drug-likeness (QED) is 0.890. The second-order valence-electron chi connectivity index (χ2n) is 4.87. The van der Waals surface area contributed by atoms with Gasteiger partial charge in [0, 0.05) is 19.0 Å². The van der Waals surface area contributed by atoms with E-state index in [-0.39, 0.29) is 19.0 Å². The number of aliphatic carboxylic acids is 1. The summed E-state index contributed by atoms with van der Waals surface area (Å²) in [5.74, 6) is -1.65. The molecule has 6 heteroatoms. The Balaban J connectivity index is 2.06. The van der Waals surface area contributed by atoms with Gasteiger partial charge in [-0.1, -0.05) is 25.1 Å². The van der Waals surface area contributed by atoms with Crippen LogP contribution >= 0.6 is 0 Å². The Morgan fingerprint density at radius 2 is 2.10 bits per heavy atom. The molecule has 0 aliphatic carbocycles. The minimum Gasteiger partial charge on any atom is -0.481 e. The number of likely N-dealkylation sites (N-methyl/N-ethyl adjacent to an activating group) is 1. The van der Waals surface area contributed by atoms with Crippen molar-refractivity contribution in [2.45, 2.75) is 13.5 Å². The highest BCUT2D eigenvalue weighted by atomic mass is 16.4. The number of nitrogens with zero attached hydrogens (tertiary/aromatic N) is 3. The van der Waals surface area contributed by atoms with Crippen LogP contribution < -0.4 is 0 Å². The van der Waals surface area contributed by atoms with Crippen molar-refractivity contribution >= 4 is 22.8 Å². The molecule has 1 aromatic carbocycles. The molecule has 0 fully saturated rings. The molecule has 0 aliphatic rings. The summed E-state index contributed by atoms with van der Waals surface area (Å²) in [6.45, 7) is 1.87. The summed E-state index contributed by atoms with van der Waals surface area (Å²) >= 11 is 0. The zero-order valence-electron chi connectivity index (χ0n) is 11.5. The third kappa shape index (κ3) is 2.96. The molecular weight excluding hydrogens is 258 g/mol. The number of hydrogen-bond donors (Lipinski definition) is 1. The topological polar surface area (TPSA) is 75.4 Å². The molecule has 1 aromatic heterocycles. The molecule has 6 nitrogen and oxygen atoms in total. The summed E-state index contributed by atoms with van der Waals surface area (Å²) in [6.07, 6.45) is 1.71. The number of carbonyl (C=O) groups excluding carboxylic acids is 1. The van der Waals surface area contributed by atoms with Crippen LogP contribution in [-0.4, -0.2) is 45.3 Å². The van der Waals surface area contributed by atoms with E-state index >= 15 is 0 Å². The van der Waals surface area contributed by atoms with Gasteiger partial charge in [0.2, 0.25) is 5.91 Å². The number of hydrogen-bond acceptors (Lipinski definition) is 3. The van der Waals surface area contributed by atoms with E-state index in [0.29, 0.717) is 0 Å². The minimum absolute atomic E-state index is 0.107. The third-order valence-corrected chi connectivity index (χ3v) is 3.23. The van der Waals surface area contributed by atoms with Gasteiger partial charge in [0.15, 0.2) is 0 Å². The van der Waals surface area contributed by atoms with Gasteiger partial charge in [-0.15, -0.1) is 0 Å². The molecule has 1 N–H and O–H groups in total. The first-order valence-electron chi connectivity index (χ1n) is 6.36. The van der Waals surface area contributed by atoms with Gasteiger partial charge in [0.05, 0.1) is 17.6 Å². The third-order valence-electron chi connectivity index (χ3n) is 3.23. The molecule has 2 aromatic rings. The maximum absolute atomic E-state index is 12.1. The number of amides is 1. The van der Waals surface area contributed by atoms with E-state index < -0.39 is 11.9 Å². The lowest BCUT2D eigenvalue weighted by molar-refractivity contribution is -0.142. The van der Waals surface area contributed by atoms with Crippen LogP contribution in [0.1, 0.15) is 6.92 Å². The fourth-order valence-corrected chi connectivity index (χ4v) is 1.99. The van der Waals surface area contributed by atoms with Crippen molar-refractivity contribution in [1.82, 2.24) is 14.7 Å². The van der Waals surface area contributed by atoms with E-state index in [9.17, 15) is 9.59 Å². The zero-order valence-corrected chi connectivity index (χ0v) is 11.5. The van der Waals surface area contributed by atoms with E-state index in [4.69, 9.17) is 5.11 Å². The van der Waals surface area contributed by atoms with Crippen LogP contribution in [0.2, 0.25) is 0 Å². The van der Waals surface area contributed by atoms with Gasteiger partial charge in [0.1, 0.15) is 6.54 Å². The summed E-state index contributed by atoms with van der Waals surface area (Å²) in [7, 11) is 1.60. The molecule has 2 rings (SSSR count). The van der Waals surface area contributed by atoms with Crippen LogP contribution in [0.25, 0.3) is 10.9 Å². The van der Waals surface area contributed by atoms with Gasteiger partial charge < -0.3 is 10.0 Å². The molecule has 106 valence electrons. The minimum atomic E-state index is -0.908.